The summed E-state index contributed by atoms with van der Waals surface area (Å²) in [6.45, 7) is 2.40. The largest absolute Gasteiger partial charge is 0.355 e. The minimum atomic E-state index is -0.542. The van der Waals surface area contributed by atoms with E-state index in [1.807, 2.05) is 6.92 Å². The Morgan fingerprint density at radius 2 is 2.36 bits per heavy atom. The summed E-state index contributed by atoms with van der Waals surface area (Å²) in [5, 5.41) is 2.57. The quantitative estimate of drug-likeness (QED) is 0.526. The van der Waals surface area contributed by atoms with Crippen LogP contribution < -0.4 is 11.1 Å². The van der Waals surface area contributed by atoms with E-state index in [0.29, 0.717) is 19.4 Å². The summed E-state index contributed by atoms with van der Waals surface area (Å²) in [5.74, 6) is -0.186. The van der Waals surface area contributed by atoms with Crippen LogP contribution in [0.4, 0.5) is 0 Å². The molecule has 0 fully saturated rings. The highest BCUT2D eigenvalue weighted by molar-refractivity contribution is 5.81. The van der Waals surface area contributed by atoms with Gasteiger partial charge in [-0.15, -0.1) is 0 Å². The second kappa shape index (κ2) is 5.85. The fourth-order valence-electron chi connectivity index (χ4n) is 0.684. The van der Waals surface area contributed by atoms with Gasteiger partial charge in [-0.1, -0.05) is 0 Å². The van der Waals surface area contributed by atoms with Crippen LogP contribution >= 0.6 is 0 Å². The number of likely N-dealkylation sites (N-methyl/N-ethyl adjacent to an activating group) is 1. The lowest BCUT2D eigenvalue weighted by Gasteiger charge is -2.08. The first-order valence-electron chi connectivity index (χ1n) is 3.69. The van der Waals surface area contributed by atoms with E-state index in [-0.39, 0.29) is 5.91 Å². The summed E-state index contributed by atoms with van der Waals surface area (Å²) < 4.78 is 0. The first-order valence-corrected chi connectivity index (χ1v) is 3.69. The summed E-state index contributed by atoms with van der Waals surface area (Å²) in [5.41, 5.74) is 5.42. The average Bonchev–Trinajstić information content (AvgIpc) is 2.00. The van der Waals surface area contributed by atoms with E-state index in [1.54, 1.807) is 0 Å². The Labute approximate surface area is 66.1 Å². The number of hydrogen-bond acceptors (Lipinski definition) is 3. The fraction of sp³-hybridized carbons (Fsp3) is 0.714. The molecule has 0 aliphatic carbocycles. The van der Waals surface area contributed by atoms with Gasteiger partial charge in [0.2, 0.25) is 5.91 Å². The van der Waals surface area contributed by atoms with Crippen molar-refractivity contribution in [2.75, 3.05) is 6.54 Å². The number of carbonyl (C=O) groups excluding carboxylic acids is 2. The fourth-order valence-corrected chi connectivity index (χ4v) is 0.684. The third-order valence-corrected chi connectivity index (χ3v) is 1.28. The third kappa shape index (κ3) is 4.50. The Bertz CT molecular complexity index is 136. The Balaban J connectivity index is 3.54. The molecule has 1 atom stereocenters. The van der Waals surface area contributed by atoms with Crippen molar-refractivity contribution in [3.63, 3.8) is 0 Å². The van der Waals surface area contributed by atoms with Crippen LogP contribution in [0.3, 0.4) is 0 Å². The van der Waals surface area contributed by atoms with Crippen molar-refractivity contribution in [2.45, 2.75) is 25.8 Å². The highest BCUT2D eigenvalue weighted by Gasteiger charge is 2.10. The standard InChI is InChI=1S/C7H14N2O2/c1-2-9-7(11)6(8)4-3-5-10/h5-6H,2-4,8H2,1H3,(H,9,11). The van der Waals surface area contributed by atoms with Gasteiger partial charge in [-0.3, -0.25) is 4.79 Å². The van der Waals surface area contributed by atoms with Gasteiger partial charge in [-0.25, -0.2) is 0 Å². The molecule has 3 N–H and O–H groups in total. The first kappa shape index (κ1) is 10.1. The lowest BCUT2D eigenvalue weighted by Crippen LogP contribution is -2.40. The molecule has 0 aliphatic heterocycles. The lowest BCUT2D eigenvalue weighted by atomic mass is 10.1. The van der Waals surface area contributed by atoms with Crippen LogP contribution in [0, 0.1) is 0 Å². The van der Waals surface area contributed by atoms with Crippen LogP contribution in [0.5, 0.6) is 0 Å². The van der Waals surface area contributed by atoms with E-state index in [4.69, 9.17) is 5.73 Å². The van der Waals surface area contributed by atoms with E-state index in [2.05, 4.69) is 5.32 Å². The van der Waals surface area contributed by atoms with Crippen LogP contribution in [0.25, 0.3) is 0 Å². The van der Waals surface area contributed by atoms with Gasteiger partial charge in [-0.05, 0) is 13.3 Å². The molecule has 0 aliphatic rings. The molecule has 0 spiro atoms. The van der Waals surface area contributed by atoms with Gasteiger partial charge in [0.15, 0.2) is 0 Å². The predicted octanol–water partition coefficient (Wildman–Crippen LogP) is -0.571. The van der Waals surface area contributed by atoms with Crippen LogP contribution in [-0.2, 0) is 9.59 Å². The Morgan fingerprint density at radius 3 is 2.82 bits per heavy atom. The number of nitrogens with two attached hydrogens (primary N) is 1. The molecule has 11 heavy (non-hydrogen) atoms. The van der Waals surface area contributed by atoms with E-state index < -0.39 is 6.04 Å². The Morgan fingerprint density at radius 1 is 1.73 bits per heavy atom. The topological polar surface area (TPSA) is 72.2 Å². The van der Waals surface area contributed by atoms with Gasteiger partial charge in [0.05, 0.1) is 6.04 Å². The molecule has 1 unspecified atom stereocenters. The second-order valence-electron chi connectivity index (χ2n) is 2.25. The number of aldehydes is 1. The molecular formula is C7H14N2O2. The molecule has 0 rings (SSSR count). The minimum absolute atomic E-state index is 0.186. The molecule has 0 aromatic heterocycles. The molecular weight excluding hydrogens is 144 g/mol. The van der Waals surface area contributed by atoms with Crippen molar-refractivity contribution in [3.8, 4) is 0 Å². The summed E-state index contributed by atoms with van der Waals surface area (Å²) >= 11 is 0. The number of nitrogens with one attached hydrogen (secondary N) is 1. The van der Waals surface area contributed by atoms with Gasteiger partial charge in [-0.2, -0.15) is 0 Å². The van der Waals surface area contributed by atoms with Gasteiger partial charge in [0.25, 0.3) is 0 Å². The molecule has 64 valence electrons. The lowest BCUT2D eigenvalue weighted by molar-refractivity contribution is -0.122. The third-order valence-electron chi connectivity index (χ3n) is 1.28. The maximum absolute atomic E-state index is 10.9. The molecule has 4 nitrogen and oxygen atoms in total. The maximum Gasteiger partial charge on any atom is 0.236 e. The molecule has 0 bridgehead atoms. The molecule has 0 saturated heterocycles. The van der Waals surface area contributed by atoms with Crippen molar-refractivity contribution in [1.82, 2.24) is 5.32 Å². The van der Waals surface area contributed by atoms with Crippen LogP contribution in [0.1, 0.15) is 19.8 Å². The summed E-state index contributed by atoms with van der Waals surface area (Å²) in [6, 6.07) is -0.542. The average molecular weight is 158 g/mol. The minimum Gasteiger partial charge on any atom is -0.355 e. The molecule has 0 saturated carbocycles. The maximum atomic E-state index is 10.9. The molecule has 0 aromatic rings. The van der Waals surface area contributed by atoms with E-state index in [0.717, 1.165) is 6.29 Å². The summed E-state index contributed by atoms with van der Waals surface area (Å²) in [4.78, 5) is 20.8. The van der Waals surface area contributed by atoms with Gasteiger partial charge >= 0.3 is 0 Å². The molecule has 0 radical (unpaired) electrons. The van der Waals surface area contributed by atoms with Gasteiger partial charge in [0, 0.05) is 13.0 Å². The molecule has 0 heterocycles. The normalized spacial score (nSPS) is 12.2. The number of carbonyl (C=O) groups is 2. The zero-order valence-electron chi connectivity index (χ0n) is 6.67. The highest BCUT2D eigenvalue weighted by Crippen LogP contribution is 1.90. The smallest absolute Gasteiger partial charge is 0.236 e. The summed E-state index contributed by atoms with van der Waals surface area (Å²) in [7, 11) is 0. The van der Waals surface area contributed by atoms with Crippen molar-refractivity contribution >= 4 is 12.2 Å². The molecule has 1 amide bonds. The van der Waals surface area contributed by atoms with E-state index in [1.165, 1.54) is 0 Å². The molecule has 0 aromatic carbocycles. The van der Waals surface area contributed by atoms with Crippen molar-refractivity contribution in [2.24, 2.45) is 5.73 Å². The van der Waals surface area contributed by atoms with E-state index in [9.17, 15) is 9.59 Å². The predicted molar refractivity (Wildman–Crippen MR) is 42.0 cm³/mol. The SMILES string of the molecule is CCNC(=O)C(N)CCC=O. The van der Waals surface area contributed by atoms with Crippen LogP contribution in [0.15, 0.2) is 0 Å². The zero-order valence-corrected chi connectivity index (χ0v) is 6.67. The van der Waals surface area contributed by atoms with Crippen LogP contribution in [-0.4, -0.2) is 24.8 Å². The monoisotopic (exact) mass is 158 g/mol. The number of amides is 1. The second-order valence-corrected chi connectivity index (χ2v) is 2.25. The van der Waals surface area contributed by atoms with Gasteiger partial charge < -0.3 is 15.8 Å². The van der Waals surface area contributed by atoms with Crippen LogP contribution in [0.2, 0.25) is 0 Å². The van der Waals surface area contributed by atoms with E-state index >= 15 is 0 Å². The summed E-state index contributed by atoms with van der Waals surface area (Å²) in [6.07, 6.45) is 1.53. The zero-order chi connectivity index (χ0) is 8.69. The first-order chi connectivity index (χ1) is 5.22. The van der Waals surface area contributed by atoms with Crippen molar-refractivity contribution in [3.05, 3.63) is 0 Å². The van der Waals surface area contributed by atoms with Crippen molar-refractivity contribution in [1.29, 1.82) is 0 Å². The number of rotatable bonds is 5. The Kier molecular flexibility index (Phi) is 5.37. The molecule has 4 heteroatoms. The Hall–Kier alpha value is -0.900. The highest BCUT2D eigenvalue weighted by atomic mass is 16.2. The van der Waals surface area contributed by atoms with Gasteiger partial charge in [0.1, 0.15) is 6.29 Å². The number of hydrogen-bond donors (Lipinski definition) is 2. The van der Waals surface area contributed by atoms with Crippen molar-refractivity contribution < 1.29 is 9.59 Å².